The number of hydrogen-bond acceptors (Lipinski definition) is 8. The molecule has 0 aliphatic rings. The lowest BCUT2D eigenvalue weighted by Gasteiger charge is -2.18. The molecule has 0 unspecified atom stereocenters. The zero-order valence-corrected chi connectivity index (χ0v) is 38.3. The summed E-state index contributed by atoms with van der Waals surface area (Å²) < 4.78 is 49.5. The fraction of sp³-hybridized carbons (Fsp3) is 0.333. The van der Waals surface area contributed by atoms with Gasteiger partial charge in [-0.3, -0.25) is 0 Å². The number of aryl methyl sites for hydroxylation is 3. The highest BCUT2D eigenvalue weighted by Gasteiger charge is 2.21. The van der Waals surface area contributed by atoms with Gasteiger partial charge in [0.05, 0.1) is 41.7 Å². The molecule has 330 valence electrons. The smallest absolute Gasteiger partial charge is 0.130 e. The molecule has 1 heterocycles. The Hall–Kier alpha value is -6.16. The van der Waals surface area contributed by atoms with Gasteiger partial charge in [-0.25, -0.2) is 0 Å². The van der Waals surface area contributed by atoms with E-state index in [0.29, 0.717) is 37.9 Å². The maximum atomic E-state index is 6.34. The second-order valence-corrected chi connectivity index (χ2v) is 15.8. The molecule has 63 heavy (non-hydrogen) atoms. The number of unbranched alkanes of at least 4 members (excludes halogenated alkanes) is 3. The molecule has 9 heteroatoms. The summed E-state index contributed by atoms with van der Waals surface area (Å²) in [5, 5.41) is 2.35. The van der Waals surface area contributed by atoms with Gasteiger partial charge in [0.2, 0.25) is 0 Å². The Morgan fingerprint density at radius 2 is 0.937 bits per heavy atom. The number of nitrogens with zero attached hydrogens (tertiary/aromatic N) is 1. The molecule has 1 aromatic heterocycles. The van der Waals surface area contributed by atoms with Crippen molar-refractivity contribution < 1.29 is 37.9 Å². The molecule has 0 aliphatic heterocycles. The second-order valence-electron chi connectivity index (χ2n) is 15.8. The van der Waals surface area contributed by atoms with E-state index in [4.69, 9.17) is 37.9 Å². The Bertz CT molecular complexity index is 2680. The predicted octanol–water partition coefficient (Wildman–Crippen LogP) is 12.7. The van der Waals surface area contributed by atoms with Crippen LogP contribution in [0.5, 0.6) is 34.5 Å². The number of methoxy groups -OCH3 is 6. The highest BCUT2D eigenvalue weighted by molar-refractivity contribution is 6.11. The van der Waals surface area contributed by atoms with E-state index in [1.165, 1.54) is 41.1 Å². The van der Waals surface area contributed by atoms with Crippen LogP contribution in [0, 0.1) is 13.8 Å². The van der Waals surface area contributed by atoms with E-state index in [1.54, 1.807) is 42.7 Å². The summed E-state index contributed by atoms with van der Waals surface area (Å²) in [5.41, 5.74) is 12.3. The summed E-state index contributed by atoms with van der Waals surface area (Å²) in [7, 11) is 10.1. The van der Waals surface area contributed by atoms with Gasteiger partial charge >= 0.3 is 0 Å². The van der Waals surface area contributed by atoms with Crippen LogP contribution in [-0.2, 0) is 16.0 Å². The van der Waals surface area contributed by atoms with Crippen LogP contribution in [0.2, 0.25) is 0 Å². The number of ether oxygens (including phenoxy) is 8. The van der Waals surface area contributed by atoms with Crippen LogP contribution in [0.15, 0.2) is 97.1 Å². The van der Waals surface area contributed by atoms with Gasteiger partial charge in [0.1, 0.15) is 47.7 Å². The normalized spacial score (nSPS) is 11.3. The minimum absolute atomic E-state index is 0.424. The molecule has 9 nitrogen and oxygen atoms in total. The summed E-state index contributed by atoms with van der Waals surface area (Å²) >= 11 is 0. The average molecular weight is 852 g/mol. The van der Waals surface area contributed by atoms with Gasteiger partial charge in [0.15, 0.2) is 0 Å². The molecule has 0 spiro atoms. The molecular weight excluding hydrogens is 791 g/mol. The first-order valence-electron chi connectivity index (χ1n) is 21.8. The van der Waals surface area contributed by atoms with Crippen LogP contribution in [-0.4, -0.2) is 73.7 Å². The van der Waals surface area contributed by atoms with Gasteiger partial charge < -0.3 is 42.5 Å². The van der Waals surface area contributed by atoms with Gasteiger partial charge in [-0.2, -0.15) is 0 Å². The van der Waals surface area contributed by atoms with Crippen molar-refractivity contribution in [1.82, 2.24) is 4.57 Å². The lowest BCUT2D eigenvalue weighted by atomic mass is 9.94. The third-order valence-electron chi connectivity index (χ3n) is 11.8. The van der Waals surface area contributed by atoms with Crippen molar-refractivity contribution in [2.45, 2.75) is 53.0 Å². The molecule has 0 bridgehead atoms. The topological polar surface area (TPSA) is 78.8 Å². The molecule has 0 aliphatic carbocycles. The molecule has 7 rings (SSSR count). The molecular formula is C54H61NO8. The Kier molecular flexibility index (Phi) is 14.8. The minimum atomic E-state index is 0.424. The van der Waals surface area contributed by atoms with Crippen LogP contribution >= 0.6 is 0 Å². The highest BCUT2D eigenvalue weighted by Crippen LogP contribution is 2.47. The zero-order chi connectivity index (χ0) is 44.5. The van der Waals surface area contributed by atoms with Gasteiger partial charge in [-0.15, -0.1) is 0 Å². The summed E-state index contributed by atoms with van der Waals surface area (Å²) in [6.45, 7) is 9.12. The Morgan fingerprint density at radius 3 is 1.57 bits per heavy atom. The lowest BCUT2D eigenvalue weighted by Crippen LogP contribution is -2.07. The van der Waals surface area contributed by atoms with Crippen LogP contribution in [0.3, 0.4) is 0 Å². The Morgan fingerprint density at radius 1 is 0.413 bits per heavy atom. The number of rotatable bonds is 21. The first-order valence-corrected chi connectivity index (χ1v) is 21.8. The van der Waals surface area contributed by atoms with Crippen molar-refractivity contribution in [1.29, 1.82) is 0 Å². The zero-order valence-electron chi connectivity index (χ0n) is 38.3. The van der Waals surface area contributed by atoms with Gasteiger partial charge in [0.25, 0.3) is 0 Å². The van der Waals surface area contributed by atoms with E-state index in [1.807, 2.05) is 31.2 Å². The highest BCUT2D eigenvalue weighted by atomic mass is 16.5. The van der Waals surface area contributed by atoms with Gasteiger partial charge in [-0.05, 0) is 109 Å². The predicted molar refractivity (Wildman–Crippen MR) is 256 cm³/mol. The summed E-state index contributed by atoms with van der Waals surface area (Å²) in [4.78, 5) is 0. The Balaban J connectivity index is 1.41. The van der Waals surface area contributed by atoms with E-state index in [-0.39, 0.29) is 0 Å². The number of benzene rings is 6. The molecule has 0 atom stereocenters. The lowest BCUT2D eigenvalue weighted by molar-refractivity contribution is 0.145. The van der Waals surface area contributed by atoms with E-state index >= 15 is 0 Å². The van der Waals surface area contributed by atoms with E-state index < -0.39 is 0 Å². The summed E-state index contributed by atoms with van der Waals surface area (Å²) in [5.74, 6) is 4.41. The van der Waals surface area contributed by atoms with Gasteiger partial charge in [0, 0.05) is 76.5 Å². The third-order valence-corrected chi connectivity index (χ3v) is 11.8. The van der Waals surface area contributed by atoms with Crippen molar-refractivity contribution in [2.75, 3.05) is 69.1 Å². The van der Waals surface area contributed by atoms with E-state index in [0.717, 1.165) is 91.6 Å². The third kappa shape index (κ3) is 9.60. The SMILES string of the molecule is CCCCCCn1c2ccc(-c3ccc(OCCOC)c(-c4cc(C)ccc4OCCOC)c3)cc2c2cc(-c3cc(-c4cc(OC)c(C)cc4OC)c(OC)cc3OC)ccc21. The molecule has 0 amide bonds. The quantitative estimate of drug-likeness (QED) is 0.0662. The maximum absolute atomic E-state index is 6.34. The summed E-state index contributed by atoms with van der Waals surface area (Å²) in [6.07, 6.45) is 4.70. The summed E-state index contributed by atoms with van der Waals surface area (Å²) in [6, 6.07) is 34.4. The fourth-order valence-electron chi connectivity index (χ4n) is 8.48. The monoisotopic (exact) mass is 851 g/mol. The maximum Gasteiger partial charge on any atom is 0.130 e. The second kappa shape index (κ2) is 20.8. The molecule has 0 saturated heterocycles. The van der Waals surface area contributed by atoms with Crippen molar-refractivity contribution in [2.24, 2.45) is 0 Å². The average Bonchev–Trinajstić information content (AvgIpc) is 3.62. The minimum Gasteiger partial charge on any atom is -0.496 e. The van der Waals surface area contributed by atoms with Crippen molar-refractivity contribution >= 4 is 21.8 Å². The molecule has 0 fully saturated rings. The van der Waals surface area contributed by atoms with Crippen LogP contribution in [0.25, 0.3) is 66.3 Å². The van der Waals surface area contributed by atoms with E-state index in [9.17, 15) is 0 Å². The van der Waals surface area contributed by atoms with Crippen LogP contribution < -0.4 is 28.4 Å². The van der Waals surface area contributed by atoms with Crippen molar-refractivity contribution in [3.63, 3.8) is 0 Å². The van der Waals surface area contributed by atoms with Crippen molar-refractivity contribution in [3.05, 3.63) is 108 Å². The molecule has 6 aromatic carbocycles. The number of fused-ring (bicyclic) bond motifs is 3. The van der Waals surface area contributed by atoms with Crippen LogP contribution in [0.1, 0.15) is 43.7 Å². The largest absolute Gasteiger partial charge is 0.496 e. The molecule has 0 saturated carbocycles. The number of aromatic nitrogens is 1. The van der Waals surface area contributed by atoms with E-state index in [2.05, 4.69) is 91.2 Å². The van der Waals surface area contributed by atoms with Crippen LogP contribution in [0.4, 0.5) is 0 Å². The van der Waals surface area contributed by atoms with Gasteiger partial charge in [-0.1, -0.05) is 56.0 Å². The van der Waals surface area contributed by atoms with Crippen molar-refractivity contribution in [3.8, 4) is 79.0 Å². The molecule has 0 radical (unpaired) electrons. The molecule has 7 aromatic rings. The number of hydrogen-bond donors (Lipinski definition) is 0. The first kappa shape index (κ1) is 44.9. The Labute approximate surface area is 372 Å². The standard InChI is InChI=1S/C54H61NO8/c1-10-11-12-13-22-55-47-18-15-37(38-17-21-50(63-26-24-57-5)44(30-38)43-27-35(2)14-20-49(43)62-25-23-56-4)29-41(47)42-31-39(16-19-48(42)55)40-32-45(54(61-9)34-53(40)60-8)46-33-51(58-6)36(3)28-52(46)59-7/h14-21,27-34H,10-13,22-26H2,1-9H3. The first-order chi connectivity index (χ1) is 30.8. The molecule has 0 N–H and O–H groups in total. The fourth-order valence-corrected chi connectivity index (χ4v) is 8.48.